The third kappa shape index (κ3) is 25.6. The van der Waals surface area contributed by atoms with Crippen molar-refractivity contribution in [2.45, 2.75) is 126 Å². The molecule has 2 aromatic heterocycles. The molecule has 5 aromatic carbocycles. The van der Waals surface area contributed by atoms with Crippen LogP contribution in [0, 0.1) is 6.92 Å². The molecule has 0 amide bonds. The largest absolute Gasteiger partial charge is 0.317 e. The van der Waals surface area contributed by atoms with E-state index in [-0.39, 0.29) is 50.3 Å². The Morgan fingerprint density at radius 2 is 0.781 bits per heavy atom. The van der Waals surface area contributed by atoms with E-state index in [1.807, 2.05) is 146 Å². The molecular weight excluding hydrogens is 799 g/mol. The van der Waals surface area contributed by atoms with Crippen LogP contribution in [0.2, 0.25) is 0 Å². The van der Waals surface area contributed by atoms with Gasteiger partial charge in [0.1, 0.15) is 0 Å². The van der Waals surface area contributed by atoms with Crippen LogP contribution in [0.5, 0.6) is 0 Å². The lowest BCUT2D eigenvalue weighted by molar-refractivity contribution is 0.104. The highest BCUT2D eigenvalue weighted by atomic mass is 32.1. The number of hydrogen-bond donors (Lipinski definition) is 1. The molecule has 7 aromatic rings. The number of rotatable bonds is 0. The normalized spacial score (nSPS) is 9.80. The van der Waals surface area contributed by atoms with Gasteiger partial charge in [-0.2, -0.15) is 0 Å². The molecule has 4 nitrogen and oxygen atoms in total. The molecule has 64 heavy (non-hydrogen) atoms. The average molecular weight is 890 g/mol. The predicted molar refractivity (Wildman–Crippen MR) is 295 cm³/mol. The van der Waals surface area contributed by atoms with Crippen LogP contribution in [0.3, 0.4) is 0 Å². The maximum atomic E-state index is 11.9. The van der Waals surface area contributed by atoms with Crippen LogP contribution in [-0.2, 0) is 6.42 Å². The molecule has 0 radical (unpaired) electrons. The number of carbonyl (C=O) groups excluding carboxylic acids is 1. The summed E-state index contributed by atoms with van der Waals surface area (Å²) in [5, 5.41) is 5.15. The van der Waals surface area contributed by atoms with E-state index in [9.17, 15) is 4.79 Å². The van der Waals surface area contributed by atoms with E-state index in [2.05, 4.69) is 82.9 Å². The third-order valence-electron chi connectivity index (χ3n) is 8.15. The van der Waals surface area contributed by atoms with Crippen LogP contribution in [0.1, 0.15) is 145 Å². The minimum Gasteiger partial charge on any atom is -0.317 e. The Morgan fingerprint density at radius 3 is 1.05 bits per heavy atom. The van der Waals surface area contributed by atoms with E-state index in [1.165, 1.54) is 53.7 Å². The van der Waals surface area contributed by atoms with Gasteiger partial charge in [-0.05, 0) is 84.8 Å². The van der Waals surface area contributed by atoms with Gasteiger partial charge in [-0.3, -0.25) is 14.8 Å². The zero-order valence-corrected chi connectivity index (χ0v) is 37.3. The van der Waals surface area contributed by atoms with Gasteiger partial charge in [-0.15, -0.1) is 11.3 Å². The molecular formula is C59H91N3OS. The van der Waals surface area contributed by atoms with Gasteiger partial charge in [0.25, 0.3) is 0 Å². The summed E-state index contributed by atoms with van der Waals surface area (Å²) < 4.78 is 0. The number of pyridine rings is 1. The summed E-state index contributed by atoms with van der Waals surface area (Å²) in [6.07, 6.45) is 9.15. The van der Waals surface area contributed by atoms with Gasteiger partial charge in [0.05, 0.1) is 5.51 Å². The Labute approximate surface area is 399 Å². The Morgan fingerprint density at radius 1 is 0.422 bits per heavy atom. The first-order valence-corrected chi connectivity index (χ1v) is 22.0. The third-order valence-corrected chi connectivity index (χ3v) is 8.67. The van der Waals surface area contributed by atoms with E-state index in [0.29, 0.717) is 0 Å². The first kappa shape index (κ1) is 70.2. The van der Waals surface area contributed by atoms with Gasteiger partial charge in [-0.25, -0.2) is 0 Å². The molecule has 0 unspecified atom stereocenters. The first-order valence-electron chi connectivity index (χ1n) is 21.0. The standard InChI is InChI=1S/C13H8O.C13H10.C7H8.C5H5N.C4H9N.C3H3NS.4C2H6.6CH4/c14-13-11-7-3-1-5-9(11)10-6-2-4-8-12(10)13;1-3-7-12-10(5-1)9-11-6-2-4-8-13(11)12;1-7-5-3-2-4-6-7;1-2-4-6-5-3-1;1-2-4-5-3-1;1-2-5-3-4-1;4*1-2;;;;;;/h1-8H;1-8H,9H2;2-6H,1H3;1-5H;5H,1-4H2;1-3H;4*1-2H3;6*1H4. The van der Waals surface area contributed by atoms with Crippen LogP contribution >= 0.6 is 11.3 Å². The first-order chi connectivity index (χ1) is 28.7. The van der Waals surface area contributed by atoms with Crippen molar-refractivity contribution in [2.24, 2.45) is 0 Å². The van der Waals surface area contributed by atoms with Crippen molar-refractivity contribution >= 4 is 17.1 Å². The molecule has 10 rings (SSSR count). The highest BCUT2D eigenvalue weighted by Gasteiger charge is 2.24. The monoisotopic (exact) mass is 890 g/mol. The Balaban J connectivity index is -0.000000156. The average Bonchev–Trinajstić information content (AvgIpc) is 4.19. The number of nitrogens with zero attached hydrogens (tertiary/aromatic N) is 2. The Kier molecular flexibility index (Phi) is 51.5. The van der Waals surface area contributed by atoms with Crippen LogP contribution < -0.4 is 5.32 Å². The summed E-state index contributed by atoms with van der Waals surface area (Å²) in [6.45, 7) is 20.6. The summed E-state index contributed by atoms with van der Waals surface area (Å²) in [6, 6.07) is 48.8. The highest BCUT2D eigenvalue weighted by molar-refractivity contribution is 7.07. The van der Waals surface area contributed by atoms with Gasteiger partial charge in [0.15, 0.2) is 5.78 Å². The molecule has 1 N–H and O–H groups in total. The Bertz CT molecular complexity index is 1850. The topological polar surface area (TPSA) is 54.9 Å². The van der Waals surface area contributed by atoms with E-state index < -0.39 is 0 Å². The van der Waals surface area contributed by atoms with Crippen LogP contribution in [0.15, 0.2) is 175 Å². The number of aryl methyl sites for hydroxylation is 1. The maximum absolute atomic E-state index is 11.9. The molecule has 0 bridgehead atoms. The van der Waals surface area contributed by atoms with E-state index in [1.54, 1.807) is 35.4 Å². The number of carbonyl (C=O) groups is 1. The number of thiazole rings is 1. The SMILES string of the molecule is C.C.C.C.C.C.C1CCNC1.CC.CC.CC.CC.Cc1ccccc1.O=C1c2ccccc2-c2ccccc21.c1ccc2c(c1)Cc1ccccc1-2.c1ccncc1.c1cscn1. The van der Waals surface area contributed by atoms with Crippen molar-refractivity contribution in [3.05, 3.63) is 203 Å². The molecule has 1 aliphatic heterocycles. The lowest BCUT2D eigenvalue weighted by Gasteiger charge is -1.98. The fourth-order valence-corrected chi connectivity index (χ4v) is 6.06. The van der Waals surface area contributed by atoms with Crippen LogP contribution in [0.4, 0.5) is 0 Å². The smallest absolute Gasteiger partial charge is 0.194 e. The van der Waals surface area contributed by atoms with Crippen molar-refractivity contribution in [1.29, 1.82) is 0 Å². The second kappa shape index (κ2) is 47.0. The van der Waals surface area contributed by atoms with Crippen molar-refractivity contribution < 1.29 is 4.79 Å². The molecule has 5 heteroatoms. The van der Waals surface area contributed by atoms with Gasteiger partial charge in [-0.1, -0.05) is 239 Å². The predicted octanol–water partition coefficient (Wildman–Crippen LogP) is 18.7. The number of fused-ring (bicyclic) bond motifs is 6. The molecule has 0 saturated carbocycles. The summed E-state index contributed by atoms with van der Waals surface area (Å²) in [5.74, 6) is 0.149. The molecule has 1 fully saturated rings. The zero-order valence-electron chi connectivity index (χ0n) is 36.5. The van der Waals surface area contributed by atoms with Gasteiger partial charge in [0, 0.05) is 35.1 Å². The molecule has 2 aliphatic carbocycles. The molecule has 1 saturated heterocycles. The van der Waals surface area contributed by atoms with Gasteiger partial charge >= 0.3 is 0 Å². The second-order valence-electron chi connectivity index (χ2n) is 11.7. The van der Waals surface area contributed by atoms with Crippen LogP contribution in [-0.4, -0.2) is 28.8 Å². The highest BCUT2D eigenvalue weighted by Crippen LogP contribution is 2.36. The van der Waals surface area contributed by atoms with Crippen molar-refractivity contribution in [3.8, 4) is 22.3 Å². The van der Waals surface area contributed by atoms with Crippen molar-refractivity contribution in [2.75, 3.05) is 13.1 Å². The van der Waals surface area contributed by atoms with E-state index in [4.69, 9.17) is 0 Å². The quantitative estimate of drug-likeness (QED) is 0.165. The number of nitrogens with one attached hydrogen (secondary N) is 1. The minimum atomic E-state index is 0. The lowest BCUT2D eigenvalue weighted by atomic mass is 10.1. The van der Waals surface area contributed by atoms with Gasteiger partial charge in [0.2, 0.25) is 0 Å². The fourth-order valence-electron chi connectivity index (χ4n) is 5.70. The molecule has 3 aliphatic rings. The fraction of sp³-hybridized carbons (Fsp3) is 0.339. The lowest BCUT2D eigenvalue weighted by Crippen LogP contribution is -2.03. The molecule has 0 atom stereocenters. The number of aromatic nitrogens is 2. The summed E-state index contributed by atoms with van der Waals surface area (Å²) in [5.41, 5.74) is 12.6. The van der Waals surface area contributed by atoms with Crippen molar-refractivity contribution in [1.82, 2.24) is 15.3 Å². The molecule has 0 spiro atoms. The zero-order chi connectivity index (χ0) is 42.6. The van der Waals surface area contributed by atoms with E-state index >= 15 is 0 Å². The number of ketones is 1. The molecule has 3 heterocycles. The number of hydrogen-bond acceptors (Lipinski definition) is 5. The van der Waals surface area contributed by atoms with Crippen LogP contribution in [0.25, 0.3) is 22.3 Å². The summed E-state index contributed by atoms with van der Waals surface area (Å²) in [4.78, 5) is 19.4. The number of benzene rings is 5. The maximum Gasteiger partial charge on any atom is 0.194 e. The van der Waals surface area contributed by atoms with Gasteiger partial charge < -0.3 is 5.32 Å². The minimum absolute atomic E-state index is 0. The Hall–Kier alpha value is -5.49. The summed E-state index contributed by atoms with van der Waals surface area (Å²) >= 11 is 1.60. The van der Waals surface area contributed by atoms with Crippen molar-refractivity contribution in [3.63, 3.8) is 0 Å². The second-order valence-corrected chi connectivity index (χ2v) is 12.5. The van der Waals surface area contributed by atoms with E-state index in [0.717, 1.165) is 28.7 Å². The summed E-state index contributed by atoms with van der Waals surface area (Å²) in [7, 11) is 0. The molecule has 354 valence electrons.